The van der Waals surface area contributed by atoms with Gasteiger partial charge in [-0.2, -0.15) is 5.10 Å². The van der Waals surface area contributed by atoms with E-state index in [4.69, 9.17) is 9.84 Å². The number of hydrogen-bond acceptors (Lipinski definition) is 6. The van der Waals surface area contributed by atoms with Crippen molar-refractivity contribution < 1.29 is 27.9 Å². The number of aromatic nitrogens is 2. The maximum atomic E-state index is 11.9. The summed E-state index contributed by atoms with van der Waals surface area (Å²) in [6, 6.07) is 0. The average Bonchev–Trinajstić information content (AvgIpc) is 2.82. The van der Waals surface area contributed by atoms with Crippen molar-refractivity contribution in [3.63, 3.8) is 0 Å². The molecule has 1 aromatic heterocycles. The Hall–Kier alpha value is -2.14. The Balaban J connectivity index is 2.52. The van der Waals surface area contributed by atoms with Crippen LogP contribution in [-0.2, 0) is 14.8 Å². The number of H-pyrrole nitrogens is 1. The first-order chi connectivity index (χ1) is 10.0. The van der Waals surface area contributed by atoms with Gasteiger partial charge < -0.3 is 15.2 Å². The number of carbonyl (C=O) groups is 2. The van der Waals surface area contributed by atoms with Gasteiger partial charge in [-0.1, -0.05) is 0 Å². The highest BCUT2D eigenvalue weighted by Gasteiger charge is 2.24. The van der Waals surface area contributed by atoms with E-state index in [1.807, 2.05) is 0 Å². The molecular weight excluding hydrogens is 316 g/mol. The number of amides is 1. The first-order valence-electron chi connectivity index (χ1n) is 6.26. The molecule has 0 atom stereocenters. The van der Waals surface area contributed by atoms with Gasteiger partial charge in [0.1, 0.15) is 11.2 Å². The Morgan fingerprint density at radius 2 is 2.00 bits per heavy atom. The van der Waals surface area contributed by atoms with Gasteiger partial charge in [0.05, 0.1) is 6.20 Å². The molecular formula is C11H18N4O6S. The standard InChI is InChI=1S/C11H18N4O6S/c1-11(2,3)21-10(18)12-4-5-14-22(19,20)8-7(9(16)17)6-13-15-8/h6,14H,4-5H2,1-3H3,(H,12,18)(H,13,15)(H,16,17). The average molecular weight is 334 g/mol. The minimum atomic E-state index is -4.07. The lowest BCUT2D eigenvalue weighted by molar-refractivity contribution is 0.0528. The summed E-state index contributed by atoms with van der Waals surface area (Å²) in [5, 5.41) is 16.2. The van der Waals surface area contributed by atoms with E-state index in [1.54, 1.807) is 20.8 Å². The topological polar surface area (TPSA) is 150 Å². The molecule has 0 aliphatic heterocycles. The van der Waals surface area contributed by atoms with Gasteiger partial charge >= 0.3 is 12.1 Å². The van der Waals surface area contributed by atoms with Crippen molar-refractivity contribution in [1.29, 1.82) is 0 Å². The van der Waals surface area contributed by atoms with Crippen LogP contribution < -0.4 is 10.0 Å². The first-order valence-corrected chi connectivity index (χ1v) is 7.74. The molecule has 0 bridgehead atoms. The third-order valence-electron chi connectivity index (χ3n) is 2.19. The summed E-state index contributed by atoms with van der Waals surface area (Å²) in [6.07, 6.45) is 0.218. The van der Waals surface area contributed by atoms with Gasteiger partial charge in [0.2, 0.25) is 0 Å². The number of rotatable bonds is 6. The number of nitrogens with zero attached hydrogens (tertiary/aromatic N) is 1. The zero-order valence-electron chi connectivity index (χ0n) is 12.3. The fraction of sp³-hybridized carbons (Fsp3) is 0.545. The molecule has 0 spiro atoms. The highest BCUT2D eigenvalue weighted by Crippen LogP contribution is 2.11. The summed E-state index contributed by atoms with van der Waals surface area (Å²) in [6.45, 7) is 4.92. The predicted octanol–water partition coefficient (Wildman–Crippen LogP) is -0.0891. The van der Waals surface area contributed by atoms with Crippen LogP contribution >= 0.6 is 0 Å². The Kier molecular flexibility index (Phi) is 5.49. The zero-order chi connectivity index (χ0) is 17.0. The van der Waals surface area contributed by atoms with Crippen molar-refractivity contribution in [1.82, 2.24) is 20.2 Å². The lowest BCUT2D eigenvalue weighted by Gasteiger charge is -2.19. The van der Waals surface area contributed by atoms with E-state index in [-0.39, 0.29) is 13.1 Å². The van der Waals surface area contributed by atoms with Crippen LogP contribution in [-0.4, -0.2) is 54.5 Å². The molecule has 0 aliphatic carbocycles. The smallest absolute Gasteiger partial charge is 0.407 e. The number of nitrogens with one attached hydrogen (secondary N) is 3. The van der Waals surface area contributed by atoms with Crippen LogP contribution in [0.5, 0.6) is 0 Å². The van der Waals surface area contributed by atoms with E-state index in [9.17, 15) is 18.0 Å². The summed E-state index contributed by atoms with van der Waals surface area (Å²) in [4.78, 5) is 22.2. The quantitative estimate of drug-likeness (QED) is 0.531. The van der Waals surface area contributed by atoms with Crippen LogP contribution in [0.2, 0.25) is 0 Å². The van der Waals surface area contributed by atoms with E-state index in [2.05, 4.69) is 20.2 Å². The molecule has 22 heavy (non-hydrogen) atoms. The molecule has 1 heterocycles. The van der Waals surface area contributed by atoms with Crippen LogP contribution in [0.3, 0.4) is 0 Å². The highest BCUT2D eigenvalue weighted by molar-refractivity contribution is 7.89. The minimum Gasteiger partial charge on any atom is -0.478 e. The Morgan fingerprint density at radius 1 is 1.36 bits per heavy atom. The van der Waals surface area contributed by atoms with Crippen molar-refractivity contribution in [3.05, 3.63) is 11.8 Å². The Morgan fingerprint density at radius 3 is 2.55 bits per heavy atom. The van der Waals surface area contributed by atoms with E-state index in [1.165, 1.54) is 0 Å². The molecule has 11 heteroatoms. The summed E-state index contributed by atoms with van der Waals surface area (Å²) >= 11 is 0. The number of alkyl carbamates (subject to hydrolysis) is 1. The predicted molar refractivity (Wildman–Crippen MR) is 75.0 cm³/mol. The molecule has 4 N–H and O–H groups in total. The SMILES string of the molecule is CC(C)(C)OC(=O)NCCNS(=O)(=O)c1[nH]ncc1C(=O)O. The van der Waals surface area contributed by atoms with Crippen LogP contribution in [0.1, 0.15) is 31.1 Å². The summed E-state index contributed by atoms with van der Waals surface area (Å²) in [5.74, 6) is -1.42. The van der Waals surface area contributed by atoms with Gasteiger partial charge in [-0.3, -0.25) is 5.10 Å². The van der Waals surface area contributed by atoms with Gasteiger partial charge in [0, 0.05) is 13.1 Å². The molecule has 124 valence electrons. The molecule has 10 nitrogen and oxygen atoms in total. The van der Waals surface area contributed by atoms with Crippen molar-refractivity contribution in [2.24, 2.45) is 0 Å². The van der Waals surface area contributed by atoms with Gasteiger partial charge in [-0.25, -0.2) is 22.7 Å². The lowest BCUT2D eigenvalue weighted by Crippen LogP contribution is -2.38. The van der Waals surface area contributed by atoms with Crippen molar-refractivity contribution in [2.75, 3.05) is 13.1 Å². The van der Waals surface area contributed by atoms with E-state index >= 15 is 0 Å². The van der Waals surface area contributed by atoms with E-state index in [0.717, 1.165) is 6.20 Å². The normalized spacial score (nSPS) is 12.0. The van der Waals surface area contributed by atoms with E-state index in [0.29, 0.717) is 0 Å². The van der Waals surface area contributed by atoms with Crippen LogP contribution in [0.25, 0.3) is 0 Å². The third-order valence-corrected chi connectivity index (χ3v) is 3.62. The minimum absolute atomic E-state index is 0.0231. The maximum Gasteiger partial charge on any atom is 0.407 e. The number of carboxylic acid groups (broad SMARTS) is 1. The molecule has 1 rings (SSSR count). The monoisotopic (exact) mass is 334 g/mol. The van der Waals surface area contributed by atoms with Crippen molar-refractivity contribution in [2.45, 2.75) is 31.4 Å². The first kappa shape index (κ1) is 17.9. The van der Waals surface area contributed by atoms with Gasteiger partial charge in [0.25, 0.3) is 10.0 Å². The molecule has 0 fully saturated rings. The summed E-state index contributed by atoms with van der Waals surface area (Å²) < 4.78 is 30.9. The molecule has 1 aromatic rings. The van der Waals surface area contributed by atoms with Gasteiger partial charge in [-0.15, -0.1) is 0 Å². The molecule has 0 aliphatic rings. The molecule has 1 amide bonds. The second-order valence-electron chi connectivity index (χ2n) is 5.24. The second-order valence-corrected chi connectivity index (χ2v) is 6.95. The zero-order valence-corrected chi connectivity index (χ0v) is 13.2. The molecule has 0 saturated carbocycles. The van der Waals surface area contributed by atoms with Crippen molar-refractivity contribution >= 4 is 22.1 Å². The largest absolute Gasteiger partial charge is 0.478 e. The number of ether oxygens (including phenoxy) is 1. The number of carboxylic acids is 1. The fourth-order valence-electron chi connectivity index (χ4n) is 1.37. The second kappa shape index (κ2) is 6.75. The number of carbonyl (C=O) groups excluding carboxylic acids is 1. The third kappa shape index (κ3) is 5.33. The van der Waals surface area contributed by atoms with Crippen LogP contribution in [0.4, 0.5) is 4.79 Å². The molecule has 0 aromatic carbocycles. The number of aromatic carboxylic acids is 1. The number of hydrogen-bond donors (Lipinski definition) is 4. The Bertz CT molecular complexity index is 646. The summed E-state index contributed by atoms with van der Waals surface area (Å²) in [5.41, 5.74) is -1.12. The summed E-state index contributed by atoms with van der Waals surface area (Å²) in [7, 11) is -4.07. The molecule has 0 saturated heterocycles. The van der Waals surface area contributed by atoms with Gasteiger partial charge in [-0.05, 0) is 20.8 Å². The lowest BCUT2D eigenvalue weighted by atomic mass is 10.2. The number of aromatic amines is 1. The molecule has 0 radical (unpaired) electrons. The van der Waals surface area contributed by atoms with Crippen LogP contribution in [0, 0.1) is 0 Å². The van der Waals surface area contributed by atoms with Crippen LogP contribution in [0.15, 0.2) is 11.2 Å². The van der Waals surface area contributed by atoms with Gasteiger partial charge in [0.15, 0.2) is 5.03 Å². The maximum absolute atomic E-state index is 11.9. The van der Waals surface area contributed by atoms with Crippen molar-refractivity contribution in [3.8, 4) is 0 Å². The fourth-order valence-corrected chi connectivity index (χ4v) is 2.49. The Labute approximate surface area is 127 Å². The highest BCUT2D eigenvalue weighted by atomic mass is 32.2. The van der Waals surface area contributed by atoms with E-state index < -0.39 is 38.3 Å². The molecule has 0 unspecified atom stereocenters. The number of sulfonamides is 1.